The van der Waals surface area contributed by atoms with Gasteiger partial charge in [0.2, 0.25) is 0 Å². The summed E-state index contributed by atoms with van der Waals surface area (Å²) in [5.74, 6) is 1.63. The molecule has 0 aliphatic carbocycles. The number of anilines is 1. The molecule has 0 saturated carbocycles. The molecule has 1 aliphatic rings. The van der Waals surface area contributed by atoms with Gasteiger partial charge in [0.1, 0.15) is 5.82 Å². The molecule has 0 spiro atoms. The maximum Gasteiger partial charge on any atom is 0.125 e. The van der Waals surface area contributed by atoms with E-state index in [1.54, 1.807) is 0 Å². The van der Waals surface area contributed by atoms with Crippen molar-refractivity contribution in [2.75, 3.05) is 25.0 Å². The average Bonchev–Trinajstić information content (AvgIpc) is 2.96. The molecule has 1 atom stereocenters. The van der Waals surface area contributed by atoms with Gasteiger partial charge in [0, 0.05) is 38.2 Å². The third kappa shape index (κ3) is 3.98. The maximum atomic E-state index is 4.43. The monoisotopic (exact) mass is 283 g/mol. The molecular formula is C16H21N5. The Bertz CT molecular complexity index is 555. The van der Waals surface area contributed by atoms with Gasteiger partial charge in [-0.05, 0) is 37.9 Å². The Labute approximate surface area is 125 Å². The molecule has 2 aromatic heterocycles. The first-order valence-corrected chi connectivity index (χ1v) is 7.44. The summed E-state index contributed by atoms with van der Waals surface area (Å²) in [6, 6.07) is 5.95. The van der Waals surface area contributed by atoms with Gasteiger partial charge in [-0.1, -0.05) is 6.07 Å². The first-order valence-electron chi connectivity index (χ1n) is 7.44. The Balaban J connectivity index is 1.46. The molecule has 1 fully saturated rings. The van der Waals surface area contributed by atoms with E-state index in [9.17, 15) is 0 Å². The Morgan fingerprint density at radius 1 is 1.24 bits per heavy atom. The third-order valence-corrected chi connectivity index (χ3v) is 3.83. The van der Waals surface area contributed by atoms with Crippen molar-refractivity contribution in [2.24, 2.45) is 5.92 Å². The Kier molecular flexibility index (Phi) is 4.40. The summed E-state index contributed by atoms with van der Waals surface area (Å²) < 4.78 is 0. The quantitative estimate of drug-likeness (QED) is 0.911. The fourth-order valence-corrected chi connectivity index (χ4v) is 2.67. The smallest absolute Gasteiger partial charge is 0.125 e. The summed E-state index contributed by atoms with van der Waals surface area (Å²) in [5, 5.41) is 3.41. The van der Waals surface area contributed by atoms with E-state index in [0.717, 1.165) is 43.4 Å². The van der Waals surface area contributed by atoms with E-state index in [2.05, 4.69) is 25.2 Å². The second kappa shape index (κ2) is 6.63. The summed E-state index contributed by atoms with van der Waals surface area (Å²) in [6.45, 7) is 6.08. The standard InChI is InChI=1S/C16H21N5/c1-13-8-19-15(10-18-13)12-21-7-5-14(11-21)9-20-16-4-2-3-6-17-16/h2-4,6,8,10,14H,5,7,9,11-12H2,1H3,(H,17,20)/t14-/m1/s1. The number of nitrogens with one attached hydrogen (secondary N) is 1. The van der Waals surface area contributed by atoms with Crippen LogP contribution in [0.4, 0.5) is 5.82 Å². The van der Waals surface area contributed by atoms with E-state index in [4.69, 9.17) is 0 Å². The predicted octanol–water partition coefficient (Wildman–Crippen LogP) is 2.11. The van der Waals surface area contributed by atoms with Gasteiger partial charge in [-0.3, -0.25) is 14.9 Å². The first-order chi connectivity index (χ1) is 10.3. The van der Waals surface area contributed by atoms with Crippen LogP contribution in [0.3, 0.4) is 0 Å². The highest BCUT2D eigenvalue weighted by Gasteiger charge is 2.22. The zero-order valence-electron chi connectivity index (χ0n) is 12.4. The minimum atomic E-state index is 0.672. The van der Waals surface area contributed by atoms with E-state index in [0.29, 0.717) is 5.92 Å². The van der Waals surface area contributed by atoms with Crippen LogP contribution in [-0.4, -0.2) is 39.5 Å². The van der Waals surface area contributed by atoms with Gasteiger partial charge in [-0.15, -0.1) is 0 Å². The Morgan fingerprint density at radius 3 is 2.95 bits per heavy atom. The number of rotatable bonds is 5. The molecule has 3 heterocycles. The van der Waals surface area contributed by atoms with Crippen LogP contribution in [-0.2, 0) is 6.54 Å². The van der Waals surface area contributed by atoms with Gasteiger partial charge >= 0.3 is 0 Å². The van der Waals surface area contributed by atoms with Crippen LogP contribution in [0.15, 0.2) is 36.8 Å². The van der Waals surface area contributed by atoms with E-state index in [1.165, 1.54) is 6.42 Å². The summed E-state index contributed by atoms with van der Waals surface area (Å²) >= 11 is 0. The average molecular weight is 283 g/mol. The molecule has 110 valence electrons. The minimum Gasteiger partial charge on any atom is -0.370 e. The molecule has 1 N–H and O–H groups in total. The lowest BCUT2D eigenvalue weighted by Crippen LogP contribution is -2.23. The summed E-state index contributed by atoms with van der Waals surface area (Å²) in [4.78, 5) is 15.5. The van der Waals surface area contributed by atoms with E-state index >= 15 is 0 Å². The third-order valence-electron chi connectivity index (χ3n) is 3.83. The summed E-state index contributed by atoms with van der Waals surface area (Å²) in [5.41, 5.74) is 2.02. The van der Waals surface area contributed by atoms with Crippen molar-refractivity contribution in [3.05, 3.63) is 48.2 Å². The molecule has 1 aliphatic heterocycles. The number of hydrogen-bond donors (Lipinski definition) is 1. The van der Waals surface area contributed by atoms with Crippen molar-refractivity contribution >= 4 is 5.82 Å². The highest BCUT2D eigenvalue weighted by molar-refractivity contribution is 5.33. The van der Waals surface area contributed by atoms with E-state index in [1.807, 2.05) is 43.7 Å². The Morgan fingerprint density at radius 2 is 2.19 bits per heavy atom. The fraction of sp³-hybridized carbons (Fsp3) is 0.438. The molecule has 5 nitrogen and oxygen atoms in total. The van der Waals surface area contributed by atoms with Crippen LogP contribution >= 0.6 is 0 Å². The first kappa shape index (κ1) is 13.9. The molecule has 2 aromatic rings. The summed E-state index contributed by atoms with van der Waals surface area (Å²) in [6.07, 6.45) is 6.76. The maximum absolute atomic E-state index is 4.43. The second-order valence-corrected chi connectivity index (χ2v) is 5.63. The van der Waals surface area contributed by atoms with E-state index < -0.39 is 0 Å². The zero-order chi connectivity index (χ0) is 14.5. The largest absolute Gasteiger partial charge is 0.370 e. The lowest BCUT2D eigenvalue weighted by Gasteiger charge is -2.16. The SMILES string of the molecule is Cc1cnc(CN2CC[C@H](CNc3ccccn3)C2)cn1. The van der Waals surface area contributed by atoms with Crippen molar-refractivity contribution in [2.45, 2.75) is 19.9 Å². The van der Waals surface area contributed by atoms with Gasteiger partial charge in [-0.2, -0.15) is 0 Å². The van der Waals surface area contributed by atoms with Crippen molar-refractivity contribution < 1.29 is 0 Å². The van der Waals surface area contributed by atoms with Gasteiger partial charge < -0.3 is 5.32 Å². The molecule has 0 radical (unpaired) electrons. The minimum absolute atomic E-state index is 0.672. The molecule has 0 unspecified atom stereocenters. The van der Waals surface area contributed by atoms with Crippen molar-refractivity contribution in [1.82, 2.24) is 19.9 Å². The van der Waals surface area contributed by atoms with E-state index in [-0.39, 0.29) is 0 Å². The van der Waals surface area contributed by atoms with Gasteiger partial charge in [0.25, 0.3) is 0 Å². The molecule has 0 amide bonds. The number of hydrogen-bond acceptors (Lipinski definition) is 5. The predicted molar refractivity (Wildman–Crippen MR) is 82.9 cm³/mol. The molecule has 5 heteroatoms. The van der Waals surface area contributed by atoms with Gasteiger partial charge in [-0.25, -0.2) is 4.98 Å². The van der Waals surface area contributed by atoms with Gasteiger partial charge in [0.05, 0.1) is 11.4 Å². The van der Waals surface area contributed by atoms with Crippen molar-refractivity contribution in [3.8, 4) is 0 Å². The topological polar surface area (TPSA) is 53.9 Å². The van der Waals surface area contributed by atoms with Gasteiger partial charge in [0.15, 0.2) is 0 Å². The molecular weight excluding hydrogens is 262 g/mol. The number of aromatic nitrogens is 3. The fourth-order valence-electron chi connectivity index (χ4n) is 2.67. The summed E-state index contributed by atoms with van der Waals surface area (Å²) in [7, 11) is 0. The molecule has 1 saturated heterocycles. The molecule has 21 heavy (non-hydrogen) atoms. The zero-order valence-corrected chi connectivity index (χ0v) is 12.4. The molecule has 0 aromatic carbocycles. The van der Waals surface area contributed by atoms with Crippen LogP contribution in [0.25, 0.3) is 0 Å². The normalized spacial score (nSPS) is 18.8. The van der Waals surface area contributed by atoms with Crippen molar-refractivity contribution in [1.29, 1.82) is 0 Å². The van der Waals surface area contributed by atoms with Crippen LogP contribution in [0.2, 0.25) is 0 Å². The molecule has 0 bridgehead atoms. The highest BCUT2D eigenvalue weighted by Crippen LogP contribution is 2.18. The number of likely N-dealkylation sites (tertiary alicyclic amines) is 1. The van der Waals surface area contributed by atoms with Crippen LogP contribution in [0.1, 0.15) is 17.8 Å². The number of pyridine rings is 1. The van der Waals surface area contributed by atoms with Crippen molar-refractivity contribution in [3.63, 3.8) is 0 Å². The van der Waals surface area contributed by atoms with Crippen LogP contribution in [0.5, 0.6) is 0 Å². The lowest BCUT2D eigenvalue weighted by molar-refractivity contribution is 0.314. The molecule has 3 rings (SSSR count). The number of nitrogens with zero attached hydrogens (tertiary/aromatic N) is 4. The lowest BCUT2D eigenvalue weighted by atomic mass is 10.1. The van der Waals surface area contributed by atoms with Crippen LogP contribution in [0, 0.1) is 12.8 Å². The number of aryl methyl sites for hydroxylation is 1. The Hall–Kier alpha value is -2.01. The highest BCUT2D eigenvalue weighted by atomic mass is 15.2. The second-order valence-electron chi connectivity index (χ2n) is 5.63. The van der Waals surface area contributed by atoms with Crippen LogP contribution < -0.4 is 5.32 Å².